The van der Waals surface area contributed by atoms with Gasteiger partial charge in [-0.25, -0.2) is 0 Å². The Bertz CT molecular complexity index is 452. The van der Waals surface area contributed by atoms with Crippen molar-refractivity contribution in [2.24, 2.45) is 16.8 Å². The Hall–Kier alpha value is -1.39. The zero-order chi connectivity index (χ0) is 13.8. The Labute approximate surface area is 120 Å². The fourth-order valence-electron chi connectivity index (χ4n) is 3.08. The van der Waals surface area contributed by atoms with E-state index in [1.807, 2.05) is 0 Å². The molecule has 2 heterocycles. The summed E-state index contributed by atoms with van der Waals surface area (Å²) in [6, 6.07) is 10.7. The van der Waals surface area contributed by atoms with Gasteiger partial charge in [-0.2, -0.15) is 0 Å². The van der Waals surface area contributed by atoms with Crippen molar-refractivity contribution in [1.82, 2.24) is 4.90 Å². The van der Waals surface area contributed by atoms with Crippen LogP contribution in [0.4, 0.5) is 0 Å². The molecule has 2 aliphatic rings. The fourth-order valence-corrected chi connectivity index (χ4v) is 3.08. The molecule has 0 spiro atoms. The summed E-state index contributed by atoms with van der Waals surface area (Å²) >= 11 is 0. The average Bonchev–Trinajstić information content (AvgIpc) is 2.98. The molecule has 0 bridgehead atoms. The summed E-state index contributed by atoms with van der Waals surface area (Å²) < 4.78 is 0. The van der Waals surface area contributed by atoms with Gasteiger partial charge in [0, 0.05) is 25.4 Å². The van der Waals surface area contributed by atoms with Crippen molar-refractivity contribution in [2.45, 2.75) is 31.9 Å². The largest absolute Gasteiger partial charge is 0.391 e. The molecule has 0 radical (unpaired) electrons. The van der Waals surface area contributed by atoms with E-state index in [0.717, 1.165) is 26.1 Å². The van der Waals surface area contributed by atoms with Gasteiger partial charge in [0.25, 0.3) is 0 Å². The van der Waals surface area contributed by atoms with Gasteiger partial charge in [0.05, 0.1) is 5.71 Å². The Morgan fingerprint density at radius 2 is 1.95 bits per heavy atom. The number of likely N-dealkylation sites (tertiary alicyclic amines) is 1. The van der Waals surface area contributed by atoms with E-state index in [1.165, 1.54) is 24.1 Å². The van der Waals surface area contributed by atoms with E-state index in [4.69, 9.17) is 10.6 Å². The lowest BCUT2D eigenvalue weighted by atomic mass is 9.89. The van der Waals surface area contributed by atoms with Gasteiger partial charge in [-0.05, 0) is 31.5 Å². The molecule has 1 saturated heterocycles. The molecular weight excluding hydrogens is 250 g/mol. The van der Waals surface area contributed by atoms with Crippen LogP contribution in [-0.2, 0) is 11.4 Å². The first-order valence-electron chi connectivity index (χ1n) is 7.54. The summed E-state index contributed by atoms with van der Waals surface area (Å²) in [4.78, 5) is 7.87. The summed E-state index contributed by atoms with van der Waals surface area (Å²) in [5.41, 5.74) is 8.26. The van der Waals surface area contributed by atoms with Crippen LogP contribution >= 0.6 is 0 Å². The quantitative estimate of drug-likeness (QED) is 0.913. The third-order valence-corrected chi connectivity index (χ3v) is 4.33. The topological polar surface area (TPSA) is 50.8 Å². The van der Waals surface area contributed by atoms with Crippen molar-refractivity contribution in [3.8, 4) is 0 Å². The number of benzene rings is 1. The highest BCUT2D eigenvalue weighted by Crippen LogP contribution is 2.25. The van der Waals surface area contributed by atoms with Crippen molar-refractivity contribution in [1.29, 1.82) is 0 Å². The molecule has 2 aliphatic heterocycles. The van der Waals surface area contributed by atoms with Gasteiger partial charge in [-0.1, -0.05) is 35.5 Å². The molecular formula is C16H23N3O. The number of oxime groups is 1. The molecule has 0 saturated carbocycles. The predicted molar refractivity (Wildman–Crippen MR) is 80.4 cm³/mol. The van der Waals surface area contributed by atoms with Crippen LogP contribution in [0.5, 0.6) is 0 Å². The third-order valence-electron chi connectivity index (χ3n) is 4.33. The molecule has 0 aromatic heterocycles. The van der Waals surface area contributed by atoms with Gasteiger partial charge >= 0.3 is 0 Å². The maximum absolute atomic E-state index is 5.63. The molecule has 4 heteroatoms. The van der Waals surface area contributed by atoms with Crippen LogP contribution in [0.3, 0.4) is 0 Å². The van der Waals surface area contributed by atoms with E-state index in [9.17, 15) is 0 Å². The highest BCUT2D eigenvalue weighted by molar-refractivity contribution is 5.87. The summed E-state index contributed by atoms with van der Waals surface area (Å²) in [7, 11) is 0. The van der Waals surface area contributed by atoms with E-state index >= 15 is 0 Å². The predicted octanol–water partition coefficient (Wildman–Crippen LogP) is 2.00. The lowest BCUT2D eigenvalue weighted by Crippen LogP contribution is -2.36. The number of rotatable bonds is 4. The molecule has 1 unspecified atom stereocenters. The molecule has 4 nitrogen and oxygen atoms in total. The van der Waals surface area contributed by atoms with Crippen molar-refractivity contribution in [3.63, 3.8) is 0 Å². The van der Waals surface area contributed by atoms with Gasteiger partial charge in [0.2, 0.25) is 0 Å². The van der Waals surface area contributed by atoms with E-state index < -0.39 is 0 Å². The van der Waals surface area contributed by atoms with Gasteiger partial charge in [-0.15, -0.1) is 0 Å². The molecule has 20 heavy (non-hydrogen) atoms. The Kier molecular flexibility index (Phi) is 4.33. The smallest absolute Gasteiger partial charge is 0.145 e. The lowest BCUT2D eigenvalue weighted by molar-refractivity contribution is 0.0917. The first-order valence-corrected chi connectivity index (χ1v) is 7.54. The minimum Gasteiger partial charge on any atom is -0.391 e. The molecule has 108 valence electrons. The Balaban J connectivity index is 1.48. The van der Waals surface area contributed by atoms with Crippen LogP contribution in [-0.4, -0.2) is 36.3 Å². The van der Waals surface area contributed by atoms with Crippen LogP contribution < -0.4 is 5.73 Å². The SMILES string of the molecule is NCC1CC(C2CCN(Cc3ccccc3)CC2)=NO1. The molecule has 1 fully saturated rings. The lowest BCUT2D eigenvalue weighted by Gasteiger charge is -2.31. The van der Waals surface area contributed by atoms with Crippen molar-refractivity contribution in [2.75, 3.05) is 19.6 Å². The number of hydrogen-bond acceptors (Lipinski definition) is 4. The second-order valence-electron chi connectivity index (χ2n) is 5.79. The molecule has 3 rings (SSSR count). The van der Waals surface area contributed by atoms with Crippen molar-refractivity contribution < 1.29 is 4.84 Å². The van der Waals surface area contributed by atoms with Crippen LogP contribution in [0.2, 0.25) is 0 Å². The molecule has 2 N–H and O–H groups in total. The maximum atomic E-state index is 5.63. The second kappa shape index (κ2) is 6.37. The normalized spacial score (nSPS) is 24.4. The second-order valence-corrected chi connectivity index (χ2v) is 5.79. The van der Waals surface area contributed by atoms with Gasteiger partial charge in [0.15, 0.2) is 0 Å². The van der Waals surface area contributed by atoms with Crippen LogP contribution in [0.15, 0.2) is 35.5 Å². The number of nitrogens with zero attached hydrogens (tertiary/aromatic N) is 2. The van der Waals surface area contributed by atoms with E-state index in [1.54, 1.807) is 0 Å². The van der Waals surface area contributed by atoms with Crippen molar-refractivity contribution >= 4 is 5.71 Å². The van der Waals surface area contributed by atoms with E-state index in [0.29, 0.717) is 12.5 Å². The van der Waals surface area contributed by atoms with Crippen LogP contribution in [0.25, 0.3) is 0 Å². The van der Waals surface area contributed by atoms with Crippen molar-refractivity contribution in [3.05, 3.63) is 35.9 Å². The Morgan fingerprint density at radius 3 is 2.60 bits per heavy atom. The number of nitrogens with two attached hydrogens (primary N) is 1. The highest BCUT2D eigenvalue weighted by atomic mass is 16.6. The number of hydrogen-bond donors (Lipinski definition) is 1. The fraction of sp³-hybridized carbons (Fsp3) is 0.562. The molecule has 1 aromatic rings. The van der Waals surface area contributed by atoms with Crippen LogP contribution in [0.1, 0.15) is 24.8 Å². The summed E-state index contributed by atoms with van der Waals surface area (Å²) in [5.74, 6) is 0.596. The number of piperidine rings is 1. The maximum Gasteiger partial charge on any atom is 0.145 e. The van der Waals surface area contributed by atoms with Gasteiger partial charge < -0.3 is 10.6 Å². The first kappa shape index (κ1) is 13.6. The van der Waals surface area contributed by atoms with Gasteiger partial charge in [-0.3, -0.25) is 4.90 Å². The first-order chi connectivity index (χ1) is 9.85. The molecule has 0 aliphatic carbocycles. The standard InChI is InChI=1S/C16H23N3O/c17-11-15-10-16(18-20-15)14-6-8-19(9-7-14)12-13-4-2-1-3-5-13/h1-5,14-15H,6-12,17H2. The zero-order valence-corrected chi connectivity index (χ0v) is 11.9. The van der Waals surface area contributed by atoms with E-state index in [-0.39, 0.29) is 6.10 Å². The monoisotopic (exact) mass is 273 g/mol. The minimum atomic E-state index is 0.118. The van der Waals surface area contributed by atoms with E-state index in [2.05, 4.69) is 40.4 Å². The molecule has 1 aromatic carbocycles. The zero-order valence-electron chi connectivity index (χ0n) is 11.9. The minimum absolute atomic E-state index is 0.118. The average molecular weight is 273 g/mol. The molecule has 0 amide bonds. The van der Waals surface area contributed by atoms with Crippen LogP contribution in [0, 0.1) is 5.92 Å². The molecule has 1 atom stereocenters. The summed E-state index contributed by atoms with van der Waals surface area (Å²) in [6.45, 7) is 3.92. The Morgan fingerprint density at radius 1 is 1.20 bits per heavy atom. The highest BCUT2D eigenvalue weighted by Gasteiger charge is 2.29. The third kappa shape index (κ3) is 3.19. The summed E-state index contributed by atoms with van der Waals surface area (Å²) in [5, 5.41) is 4.24. The summed E-state index contributed by atoms with van der Waals surface area (Å²) in [6.07, 6.45) is 3.42. The van der Waals surface area contributed by atoms with Gasteiger partial charge in [0.1, 0.15) is 6.10 Å².